The Kier molecular flexibility index (Phi) is 8.55. The molecule has 240 valence electrons. The van der Waals surface area contributed by atoms with Crippen molar-refractivity contribution in [2.75, 3.05) is 20.7 Å². The Bertz CT molecular complexity index is 1600. The zero-order chi connectivity index (χ0) is 31.8. The van der Waals surface area contributed by atoms with Gasteiger partial charge in [0.1, 0.15) is 11.6 Å². The topological polar surface area (TPSA) is 157 Å². The Morgan fingerprint density at radius 3 is 2.58 bits per heavy atom. The summed E-state index contributed by atoms with van der Waals surface area (Å²) < 4.78 is 39.1. The second-order valence-electron chi connectivity index (χ2n) is 12.5. The summed E-state index contributed by atoms with van der Waals surface area (Å²) in [4.78, 5) is 51.6. The molecule has 0 unspecified atom stereocenters. The van der Waals surface area contributed by atoms with Crippen molar-refractivity contribution in [1.29, 1.82) is 0 Å². The van der Waals surface area contributed by atoms with Crippen LogP contribution in [0.3, 0.4) is 0 Å². The minimum absolute atomic E-state index is 0.124. The maximum Gasteiger partial charge on any atom is 0.320 e. The summed E-state index contributed by atoms with van der Waals surface area (Å²) in [6, 6.07) is 11.3. The van der Waals surface area contributed by atoms with E-state index in [1.54, 1.807) is 18.0 Å². The highest BCUT2D eigenvalue weighted by Crippen LogP contribution is 2.47. The second-order valence-corrected chi connectivity index (χ2v) is 14.5. The van der Waals surface area contributed by atoms with Crippen molar-refractivity contribution in [3.05, 3.63) is 48.6 Å². The lowest BCUT2D eigenvalue weighted by Crippen LogP contribution is -2.54. The van der Waals surface area contributed by atoms with Gasteiger partial charge in [0.15, 0.2) is 0 Å². The number of nitrogens with zero attached hydrogens (tertiary/aromatic N) is 3. The predicted molar refractivity (Wildman–Crippen MR) is 164 cm³/mol. The fraction of sp³-hybridized carbons (Fsp3) is 0.531. The van der Waals surface area contributed by atoms with E-state index >= 15 is 0 Å². The highest BCUT2D eigenvalue weighted by Gasteiger charge is 2.62. The Labute approximate surface area is 263 Å². The molecule has 3 fully saturated rings. The lowest BCUT2D eigenvalue weighted by atomic mass is 9.93. The van der Waals surface area contributed by atoms with Crippen LogP contribution in [0.5, 0.6) is 11.9 Å². The van der Waals surface area contributed by atoms with E-state index in [9.17, 15) is 22.8 Å². The molecule has 3 amide bonds. The van der Waals surface area contributed by atoms with Crippen molar-refractivity contribution < 1.29 is 32.3 Å². The van der Waals surface area contributed by atoms with Crippen LogP contribution in [0.2, 0.25) is 0 Å². The molecule has 0 radical (unpaired) electrons. The Hall–Kier alpha value is -4.00. The van der Waals surface area contributed by atoms with Gasteiger partial charge in [0.25, 0.3) is 5.91 Å². The number of allylic oxidation sites excluding steroid dienone is 1. The number of carbonyl (C=O) groups is 3. The van der Waals surface area contributed by atoms with Crippen LogP contribution in [-0.4, -0.2) is 78.6 Å². The quantitative estimate of drug-likeness (QED) is 0.436. The number of sulfonamides is 1. The molecule has 0 spiro atoms. The second kappa shape index (κ2) is 12.4. The predicted octanol–water partition coefficient (Wildman–Crippen LogP) is 2.61. The minimum atomic E-state index is -3.81. The van der Waals surface area contributed by atoms with Crippen LogP contribution in [0.25, 0.3) is 11.3 Å². The van der Waals surface area contributed by atoms with Crippen molar-refractivity contribution in [2.45, 2.75) is 68.3 Å². The van der Waals surface area contributed by atoms with E-state index < -0.39 is 50.6 Å². The molecule has 3 aliphatic carbocycles. The fourth-order valence-electron chi connectivity index (χ4n) is 6.37. The summed E-state index contributed by atoms with van der Waals surface area (Å²) in [5.41, 5.74) is 0.0616. The van der Waals surface area contributed by atoms with Gasteiger partial charge in [-0.1, -0.05) is 42.5 Å². The van der Waals surface area contributed by atoms with E-state index in [0.717, 1.165) is 24.8 Å². The molecule has 2 heterocycles. The van der Waals surface area contributed by atoms with Gasteiger partial charge in [-0.05, 0) is 51.4 Å². The molecule has 2 N–H and O–H groups in total. The Balaban J connectivity index is 1.26. The van der Waals surface area contributed by atoms with Crippen LogP contribution < -0.4 is 19.5 Å². The maximum absolute atomic E-state index is 14.0. The van der Waals surface area contributed by atoms with Crippen LogP contribution in [0, 0.1) is 17.8 Å². The number of fused-ring (bicyclic) bond motifs is 2. The van der Waals surface area contributed by atoms with Gasteiger partial charge in [0, 0.05) is 31.1 Å². The smallest absolute Gasteiger partial charge is 0.320 e. The number of benzene rings is 1. The van der Waals surface area contributed by atoms with Gasteiger partial charge < -0.3 is 19.7 Å². The number of aromatic nitrogens is 2. The molecule has 12 nitrogen and oxygen atoms in total. The molecule has 1 aromatic heterocycles. The maximum atomic E-state index is 14.0. The van der Waals surface area contributed by atoms with Gasteiger partial charge in [-0.15, -0.1) is 0 Å². The van der Waals surface area contributed by atoms with Crippen LogP contribution >= 0.6 is 0 Å². The summed E-state index contributed by atoms with van der Waals surface area (Å²) in [5, 5.41) is 2.33. The van der Waals surface area contributed by atoms with Crippen molar-refractivity contribution in [3.63, 3.8) is 0 Å². The number of carbonyl (C=O) groups excluding carboxylic acids is 3. The lowest BCUT2D eigenvalue weighted by Gasteiger charge is -2.26. The Morgan fingerprint density at radius 2 is 1.84 bits per heavy atom. The molecule has 0 bridgehead atoms. The molecule has 3 saturated carbocycles. The molecule has 2 aromatic rings. The van der Waals surface area contributed by atoms with Crippen LogP contribution in [0.1, 0.15) is 51.4 Å². The third-order valence-electron chi connectivity index (χ3n) is 9.22. The van der Waals surface area contributed by atoms with Gasteiger partial charge in [0.05, 0.1) is 29.9 Å². The van der Waals surface area contributed by atoms with Crippen molar-refractivity contribution in [1.82, 2.24) is 24.9 Å². The minimum Gasteiger partial charge on any atom is -0.474 e. The van der Waals surface area contributed by atoms with Gasteiger partial charge in [-0.3, -0.25) is 19.1 Å². The summed E-state index contributed by atoms with van der Waals surface area (Å²) >= 11 is 0. The molecule has 6 rings (SSSR count). The van der Waals surface area contributed by atoms with E-state index in [0.29, 0.717) is 25.1 Å². The number of nitrogens with one attached hydrogen (secondary N) is 2. The molecular weight excluding hydrogens is 598 g/mol. The van der Waals surface area contributed by atoms with E-state index in [-0.39, 0.29) is 43.0 Å². The molecule has 5 atom stereocenters. The zero-order valence-electron chi connectivity index (χ0n) is 25.5. The van der Waals surface area contributed by atoms with Crippen molar-refractivity contribution in [3.8, 4) is 23.1 Å². The third kappa shape index (κ3) is 6.68. The van der Waals surface area contributed by atoms with Crippen LogP contribution in [0.4, 0.5) is 0 Å². The number of ether oxygens (including phenoxy) is 2. The summed E-state index contributed by atoms with van der Waals surface area (Å²) in [6.07, 6.45) is 7.51. The first-order chi connectivity index (χ1) is 21.6. The number of rotatable bonds is 7. The van der Waals surface area contributed by atoms with E-state index in [1.807, 2.05) is 42.5 Å². The van der Waals surface area contributed by atoms with Gasteiger partial charge in [-0.25, -0.2) is 8.42 Å². The molecule has 0 saturated heterocycles. The highest BCUT2D eigenvalue weighted by atomic mass is 32.2. The van der Waals surface area contributed by atoms with Crippen molar-refractivity contribution in [2.24, 2.45) is 17.8 Å². The molecular formula is C32H39N5O7S. The third-order valence-corrected chi connectivity index (χ3v) is 11.0. The average molecular weight is 638 g/mol. The summed E-state index contributed by atoms with van der Waals surface area (Å²) in [5.74, 6) is -2.92. The van der Waals surface area contributed by atoms with Gasteiger partial charge >= 0.3 is 6.01 Å². The number of hydrogen-bond acceptors (Lipinski definition) is 9. The fourth-order valence-corrected chi connectivity index (χ4v) is 7.74. The van der Waals surface area contributed by atoms with Crippen LogP contribution in [0.15, 0.2) is 48.6 Å². The first-order valence-electron chi connectivity index (χ1n) is 15.5. The number of amides is 3. The average Bonchev–Trinajstić information content (AvgIpc) is 3.95. The molecule has 45 heavy (non-hydrogen) atoms. The zero-order valence-corrected chi connectivity index (χ0v) is 26.3. The molecule has 1 aliphatic heterocycles. The lowest BCUT2D eigenvalue weighted by molar-refractivity contribution is -0.140. The normalized spacial score (nSPS) is 29.4. The molecule has 4 aliphatic rings. The SMILES string of the molecule is COc1nc(O[C@@H]2C[C@H]3C(=O)N[C@@]4(C(=O)NS(=O)(=O)C5CC5)C[C@@H]4/C=C/CCCCN(C)C(=O)[C@@H]3C2)cc(-c2ccccc2)n1. The van der Waals surface area contributed by atoms with Gasteiger partial charge in [-0.2, -0.15) is 9.97 Å². The monoisotopic (exact) mass is 637 g/mol. The first kappa shape index (κ1) is 31.0. The largest absolute Gasteiger partial charge is 0.474 e. The first-order valence-corrected chi connectivity index (χ1v) is 17.1. The summed E-state index contributed by atoms with van der Waals surface area (Å²) in [6.45, 7) is 0.557. The number of hydrogen-bond donors (Lipinski definition) is 2. The van der Waals surface area contributed by atoms with E-state index in [4.69, 9.17) is 9.47 Å². The van der Waals surface area contributed by atoms with Crippen LogP contribution in [-0.2, 0) is 24.4 Å². The number of methoxy groups -OCH3 is 1. The Morgan fingerprint density at radius 1 is 1.09 bits per heavy atom. The molecule has 1 aromatic carbocycles. The standard InChI is InChI=1S/C32H39N5O7S/c1-37-15-9-4-3-8-12-21-19-32(21,30(40)36-45(41,42)23-13-14-23)35-28(38)24-16-22(17-25(24)29(37)39)44-27-18-26(33-31(34-27)43-2)20-10-6-5-7-11-20/h5-8,10-12,18,21-25H,3-4,9,13-17,19H2,1-2H3,(H,35,38)(H,36,40)/b12-8+/t21-,22+,24+,25+,32-/m0/s1. The molecule has 13 heteroatoms. The van der Waals surface area contributed by atoms with E-state index in [1.165, 1.54) is 7.11 Å². The highest BCUT2D eigenvalue weighted by molar-refractivity contribution is 7.91. The van der Waals surface area contributed by atoms with Crippen molar-refractivity contribution >= 4 is 27.7 Å². The van der Waals surface area contributed by atoms with E-state index in [2.05, 4.69) is 20.0 Å². The summed E-state index contributed by atoms with van der Waals surface area (Å²) in [7, 11) is -0.605. The van der Waals surface area contributed by atoms with Gasteiger partial charge in [0.2, 0.25) is 27.7 Å².